The molecule has 0 aliphatic heterocycles. The number of carbonyl (C=O) groups is 1. The van der Waals surface area contributed by atoms with Gasteiger partial charge in [0.15, 0.2) is 0 Å². The first-order chi connectivity index (χ1) is 18.7. The summed E-state index contributed by atoms with van der Waals surface area (Å²) in [5.41, 5.74) is -1.77. The molecule has 208 valence electrons. The maximum absolute atomic E-state index is 14.3. The minimum atomic E-state index is -5.05. The van der Waals surface area contributed by atoms with Gasteiger partial charge in [0.1, 0.15) is 11.9 Å². The molecule has 0 radical (unpaired) electrons. The molecule has 8 heteroatoms. The van der Waals surface area contributed by atoms with Crippen LogP contribution < -0.4 is 4.74 Å². The second-order valence-corrected chi connectivity index (χ2v) is 8.94. The molecule has 0 unspecified atom stereocenters. The molecule has 0 aliphatic carbocycles. The van der Waals surface area contributed by atoms with E-state index in [1.807, 2.05) is 54.6 Å². The molecule has 0 saturated carbocycles. The highest BCUT2D eigenvalue weighted by molar-refractivity contribution is 5.82. The molecule has 5 nitrogen and oxygen atoms in total. The number of esters is 1. The van der Waals surface area contributed by atoms with Crippen molar-refractivity contribution < 1.29 is 36.9 Å². The largest absolute Gasteiger partial charge is 0.497 e. The molecule has 0 amide bonds. The van der Waals surface area contributed by atoms with Gasteiger partial charge in [0.05, 0.1) is 19.8 Å². The van der Waals surface area contributed by atoms with Crippen LogP contribution in [0.15, 0.2) is 97.6 Å². The van der Waals surface area contributed by atoms with Crippen molar-refractivity contribution >= 4 is 5.97 Å². The summed E-state index contributed by atoms with van der Waals surface area (Å²) in [4.78, 5) is 13.2. The Kier molecular flexibility index (Phi) is 10.7. The molecule has 0 aliphatic rings. The highest BCUT2D eigenvalue weighted by Gasteiger charge is 2.64. The monoisotopic (exact) mass is 542 g/mol. The number of carbonyl (C=O) groups excluding carboxylic acids is 1. The van der Waals surface area contributed by atoms with Crippen molar-refractivity contribution in [3.63, 3.8) is 0 Å². The predicted molar refractivity (Wildman–Crippen MR) is 142 cm³/mol. The summed E-state index contributed by atoms with van der Waals surface area (Å²) in [7, 11) is 2.44. The van der Waals surface area contributed by atoms with Gasteiger partial charge in [0, 0.05) is 19.1 Å². The van der Waals surface area contributed by atoms with Crippen LogP contribution in [-0.2, 0) is 31.2 Å². The third kappa shape index (κ3) is 7.49. The van der Waals surface area contributed by atoms with Gasteiger partial charge in [-0.1, -0.05) is 78.9 Å². The van der Waals surface area contributed by atoms with Crippen LogP contribution >= 0.6 is 0 Å². The van der Waals surface area contributed by atoms with E-state index in [-0.39, 0.29) is 24.5 Å². The lowest BCUT2D eigenvalue weighted by atomic mass is 9.92. The van der Waals surface area contributed by atoms with Gasteiger partial charge in [-0.15, -0.1) is 6.58 Å². The van der Waals surface area contributed by atoms with Crippen LogP contribution in [0.2, 0.25) is 0 Å². The second kappa shape index (κ2) is 14.0. The van der Waals surface area contributed by atoms with Gasteiger partial charge in [0.2, 0.25) is 0 Å². The number of ether oxygens (including phenoxy) is 4. The average Bonchev–Trinajstić information content (AvgIpc) is 2.94. The Morgan fingerprint density at radius 1 is 0.897 bits per heavy atom. The molecule has 3 aromatic carbocycles. The summed E-state index contributed by atoms with van der Waals surface area (Å²) < 4.78 is 64.7. The number of methoxy groups -OCH3 is 2. The normalized spacial score (nSPS) is 14.6. The molecule has 3 atom stereocenters. The molecule has 3 rings (SSSR count). The SMILES string of the molecule is C=CC[C@H](CC[C@H](OCc1ccc(OC)cc1)c1ccccc1)OC(=O)[C@@](OC)(c1ccccc1)C(F)(F)F. The molecule has 0 saturated heterocycles. The summed E-state index contributed by atoms with van der Waals surface area (Å²) >= 11 is 0. The van der Waals surface area contributed by atoms with E-state index in [0.29, 0.717) is 13.0 Å². The highest BCUT2D eigenvalue weighted by atomic mass is 19.4. The Morgan fingerprint density at radius 3 is 2.05 bits per heavy atom. The van der Waals surface area contributed by atoms with Crippen molar-refractivity contribution in [1.82, 2.24) is 0 Å². The molecule has 0 bridgehead atoms. The van der Waals surface area contributed by atoms with Crippen molar-refractivity contribution in [3.8, 4) is 5.75 Å². The lowest BCUT2D eigenvalue weighted by Gasteiger charge is -2.34. The number of alkyl halides is 3. The Bertz CT molecular complexity index is 1170. The summed E-state index contributed by atoms with van der Waals surface area (Å²) in [5.74, 6) is -0.792. The Balaban J connectivity index is 1.78. The third-order valence-electron chi connectivity index (χ3n) is 6.41. The predicted octanol–water partition coefficient (Wildman–Crippen LogP) is 7.33. The Labute approximate surface area is 227 Å². The first-order valence-corrected chi connectivity index (χ1v) is 12.5. The van der Waals surface area contributed by atoms with Crippen molar-refractivity contribution in [2.45, 2.75) is 49.9 Å². The topological polar surface area (TPSA) is 54.0 Å². The molecule has 0 aromatic heterocycles. The average molecular weight is 543 g/mol. The highest BCUT2D eigenvalue weighted by Crippen LogP contribution is 2.43. The van der Waals surface area contributed by atoms with Crippen molar-refractivity contribution in [1.29, 1.82) is 0 Å². The third-order valence-corrected chi connectivity index (χ3v) is 6.41. The van der Waals surface area contributed by atoms with E-state index in [1.165, 1.54) is 30.3 Å². The lowest BCUT2D eigenvalue weighted by Crippen LogP contribution is -2.52. The number of hydrogen-bond donors (Lipinski definition) is 0. The number of halogens is 3. The van der Waals surface area contributed by atoms with E-state index in [0.717, 1.165) is 24.0 Å². The van der Waals surface area contributed by atoms with Gasteiger partial charge >= 0.3 is 12.1 Å². The van der Waals surface area contributed by atoms with E-state index in [2.05, 4.69) is 6.58 Å². The fraction of sp³-hybridized carbons (Fsp3) is 0.323. The summed E-state index contributed by atoms with van der Waals surface area (Å²) in [6.07, 6.45) is -3.99. The molecule has 0 heterocycles. The Hall–Kier alpha value is -3.62. The maximum atomic E-state index is 14.3. The van der Waals surface area contributed by atoms with Gasteiger partial charge in [-0.05, 0) is 36.1 Å². The summed E-state index contributed by atoms with van der Waals surface area (Å²) in [6.45, 7) is 4.00. The molecular formula is C31H33F3O5. The lowest BCUT2D eigenvalue weighted by molar-refractivity contribution is -0.278. The van der Waals surface area contributed by atoms with E-state index in [1.54, 1.807) is 13.2 Å². The fourth-order valence-electron chi connectivity index (χ4n) is 4.30. The van der Waals surface area contributed by atoms with Crippen molar-refractivity contribution in [2.24, 2.45) is 0 Å². The van der Waals surface area contributed by atoms with Crippen LogP contribution in [0.4, 0.5) is 13.2 Å². The van der Waals surface area contributed by atoms with Gasteiger partial charge in [0.25, 0.3) is 5.60 Å². The minimum Gasteiger partial charge on any atom is -0.497 e. The summed E-state index contributed by atoms with van der Waals surface area (Å²) in [6, 6.07) is 23.7. The van der Waals surface area contributed by atoms with Crippen LogP contribution in [0.3, 0.4) is 0 Å². The zero-order chi connectivity index (χ0) is 28.3. The molecule has 0 N–H and O–H groups in total. The molecule has 0 fully saturated rings. The van der Waals surface area contributed by atoms with E-state index in [9.17, 15) is 18.0 Å². The van der Waals surface area contributed by atoms with Crippen molar-refractivity contribution in [3.05, 3.63) is 114 Å². The van der Waals surface area contributed by atoms with Crippen LogP contribution in [0.25, 0.3) is 0 Å². The van der Waals surface area contributed by atoms with Gasteiger partial charge in [-0.2, -0.15) is 13.2 Å². The standard InChI is InChI=1S/C31H33F3O5/c1-4-11-27(39-29(35)30(37-3,31(32,33)34)25-14-9-6-10-15-25)20-21-28(24-12-7-5-8-13-24)38-22-23-16-18-26(36-2)19-17-23/h4-10,12-19,27-28H,1,11,20-22H2,2-3H3/t27-,28+,30+/m1/s1. The zero-order valence-corrected chi connectivity index (χ0v) is 22.0. The zero-order valence-electron chi connectivity index (χ0n) is 22.0. The van der Waals surface area contributed by atoms with E-state index < -0.39 is 23.9 Å². The smallest absolute Gasteiger partial charge is 0.432 e. The molecular weight excluding hydrogens is 509 g/mol. The van der Waals surface area contributed by atoms with Crippen LogP contribution in [-0.4, -0.2) is 32.5 Å². The molecule has 0 spiro atoms. The van der Waals surface area contributed by atoms with Gasteiger partial charge in [-0.3, -0.25) is 0 Å². The second-order valence-electron chi connectivity index (χ2n) is 8.94. The first kappa shape index (κ1) is 29.9. The molecule has 3 aromatic rings. The van der Waals surface area contributed by atoms with Crippen molar-refractivity contribution in [2.75, 3.05) is 14.2 Å². The van der Waals surface area contributed by atoms with E-state index in [4.69, 9.17) is 18.9 Å². The minimum absolute atomic E-state index is 0.165. The number of rotatable bonds is 14. The number of benzene rings is 3. The number of hydrogen-bond acceptors (Lipinski definition) is 5. The maximum Gasteiger partial charge on any atom is 0.432 e. The van der Waals surface area contributed by atoms with Gasteiger partial charge < -0.3 is 18.9 Å². The van der Waals surface area contributed by atoms with Gasteiger partial charge in [-0.25, -0.2) is 4.79 Å². The van der Waals surface area contributed by atoms with E-state index >= 15 is 0 Å². The molecule has 39 heavy (non-hydrogen) atoms. The van der Waals surface area contributed by atoms with Crippen LogP contribution in [0, 0.1) is 0 Å². The van der Waals surface area contributed by atoms with Crippen LogP contribution in [0.5, 0.6) is 5.75 Å². The summed E-state index contributed by atoms with van der Waals surface area (Å²) in [5, 5.41) is 0. The quantitative estimate of drug-likeness (QED) is 0.158. The first-order valence-electron chi connectivity index (χ1n) is 12.5. The fourth-order valence-corrected chi connectivity index (χ4v) is 4.30. The van der Waals surface area contributed by atoms with Crippen LogP contribution in [0.1, 0.15) is 42.1 Å². The Morgan fingerprint density at radius 2 is 1.51 bits per heavy atom.